The summed E-state index contributed by atoms with van der Waals surface area (Å²) in [5.74, 6) is 0. The predicted octanol–water partition coefficient (Wildman–Crippen LogP) is 17.0. The molecule has 1 aliphatic rings. The van der Waals surface area contributed by atoms with Crippen molar-refractivity contribution in [2.45, 2.75) is 0 Å². The van der Waals surface area contributed by atoms with Crippen molar-refractivity contribution < 1.29 is 0 Å². The zero-order valence-electron chi connectivity index (χ0n) is 32.0. The maximum atomic E-state index is 2.43. The lowest BCUT2D eigenvalue weighted by molar-refractivity contribution is 1.65. The lowest BCUT2D eigenvalue weighted by atomic mass is 9.81. The van der Waals surface area contributed by atoms with Crippen molar-refractivity contribution in [1.82, 2.24) is 0 Å². The third kappa shape index (κ3) is 4.71. The number of thiophene rings is 1. The molecule has 0 fully saturated rings. The molecule has 0 bridgehead atoms. The van der Waals surface area contributed by atoms with Crippen molar-refractivity contribution in [2.24, 2.45) is 0 Å². The third-order valence-corrected chi connectivity index (χ3v) is 14.0. The van der Waals surface area contributed by atoms with Crippen LogP contribution in [0.1, 0.15) is 0 Å². The van der Waals surface area contributed by atoms with E-state index in [1.54, 1.807) is 0 Å². The van der Waals surface area contributed by atoms with Crippen molar-refractivity contribution in [3.8, 4) is 66.8 Å². The van der Waals surface area contributed by atoms with E-state index in [1.165, 1.54) is 130 Å². The van der Waals surface area contributed by atoms with Gasteiger partial charge in [-0.05, 0) is 116 Å². The molecule has 1 aromatic heterocycles. The van der Waals surface area contributed by atoms with Gasteiger partial charge in [-0.1, -0.05) is 194 Å². The van der Waals surface area contributed by atoms with Gasteiger partial charge in [0.25, 0.3) is 0 Å². The molecule has 0 nitrogen and oxygen atoms in total. The molecule has 0 N–H and O–H groups in total. The zero-order valence-corrected chi connectivity index (χ0v) is 32.9. The highest BCUT2D eigenvalue weighted by Gasteiger charge is 2.32. The summed E-state index contributed by atoms with van der Waals surface area (Å²) >= 11 is 1.91. The first-order valence-corrected chi connectivity index (χ1v) is 21.2. The summed E-state index contributed by atoms with van der Waals surface area (Å²) in [7, 11) is 0. The molecule has 12 aromatic rings. The van der Waals surface area contributed by atoms with Crippen LogP contribution in [0, 0.1) is 0 Å². The van der Waals surface area contributed by atoms with Gasteiger partial charge in [-0.25, -0.2) is 0 Å². The molecule has 1 heteroatoms. The topological polar surface area (TPSA) is 0 Å². The summed E-state index contributed by atoms with van der Waals surface area (Å²) in [5.41, 5.74) is 15.5. The summed E-state index contributed by atoms with van der Waals surface area (Å²) in [5, 5.41) is 12.9. The largest absolute Gasteiger partial charge is 0.135 e. The molecule has 0 atom stereocenters. The van der Waals surface area contributed by atoms with Crippen LogP contribution in [0.3, 0.4) is 0 Å². The molecule has 0 spiro atoms. The second-order valence-electron chi connectivity index (χ2n) is 15.8. The van der Waals surface area contributed by atoms with Gasteiger partial charge < -0.3 is 0 Å². The van der Waals surface area contributed by atoms with Gasteiger partial charge in [-0.2, -0.15) is 0 Å². The molecule has 0 radical (unpaired) electrons. The number of rotatable bonds is 4. The highest BCUT2D eigenvalue weighted by Crippen LogP contribution is 2.60. The van der Waals surface area contributed by atoms with Crippen molar-refractivity contribution in [3.05, 3.63) is 206 Å². The van der Waals surface area contributed by atoms with E-state index in [2.05, 4.69) is 206 Å². The van der Waals surface area contributed by atoms with Crippen LogP contribution in [0.25, 0.3) is 130 Å². The van der Waals surface area contributed by atoms with E-state index in [-0.39, 0.29) is 0 Å². The fraction of sp³-hybridized carbons (Fsp3) is 0. The van der Waals surface area contributed by atoms with E-state index in [0.717, 1.165) is 0 Å². The van der Waals surface area contributed by atoms with Gasteiger partial charge in [0, 0.05) is 25.7 Å². The minimum absolute atomic E-state index is 1.25. The van der Waals surface area contributed by atoms with Crippen molar-refractivity contribution in [3.63, 3.8) is 0 Å². The molecule has 0 amide bonds. The normalized spacial score (nSPS) is 12.1. The molecule has 11 aromatic carbocycles. The van der Waals surface area contributed by atoms with Crippen LogP contribution in [0.2, 0.25) is 0 Å². The highest BCUT2D eigenvalue weighted by molar-refractivity contribution is 7.26. The molecule has 272 valence electrons. The number of fused-ring (bicyclic) bond motifs is 9. The zero-order chi connectivity index (χ0) is 38.6. The quantitative estimate of drug-likeness (QED) is 0.167. The molecule has 0 saturated heterocycles. The number of hydrogen-bond donors (Lipinski definition) is 0. The van der Waals surface area contributed by atoms with Crippen LogP contribution < -0.4 is 0 Å². The third-order valence-electron chi connectivity index (χ3n) is 12.8. The fourth-order valence-electron chi connectivity index (χ4n) is 10.3. The molecule has 0 saturated carbocycles. The Labute approximate surface area is 345 Å². The summed E-state index contributed by atoms with van der Waals surface area (Å²) in [6, 6.07) is 76.9. The molecular formula is C58H34S. The van der Waals surface area contributed by atoms with Crippen LogP contribution in [-0.2, 0) is 0 Å². The van der Waals surface area contributed by atoms with E-state index in [1.807, 2.05) is 11.3 Å². The number of benzene rings is 11. The van der Waals surface area contributed by atoms with E-state index >= 15 is 0 Å². The van der Waals surface area contributed by atoms with Crippen LogP contribution >= 0.6 is 11.3 Å². The average Bonchev–Trinajstić information content (AvgIpc) is 3.85. The lowest BCUT2D eigenvalue weighted by Crippen LogP contribution is -1.94. The summed E-state index contributed by atoms with van der Waals surface area (Å²) in [6.07, 6.45) is 0. The van der Waals surface area contributed by atoms with Gasteiger partial charge in [0.1, 0.15) is 0 Å². The molecular weight excluding hydrogens is 729 g/mol. The second kappa shape index (κ2) is 12.6. The smallest absolute Gasteiger partial charge is 0.0434 e. The first kappa shape index (κ1) is 32.7. The van der Waals surface area contributed by atoms with Crippen LogP contribution in [0.15, 0.2) is 206 Å². The molecule has 59 heavy (non-hydrogen) atoms. The Morgan fingerprint density at radius 1 is 0.254 bits per heavy atom. The van der Waals surface area contributed by atoms with Gasteiger partial charge in [0.15, 0.2) is 0 Å². The lowest BCUT2D eigenvalue weighted by Gasteiger charge is -2.22. The van der Waals surface area contributed by atoms with Gasteiger partial charge in [0.2, 0.25) is 0 Å². The number of hydrogen-bond acceptors (Lipinski definition) is 1. The molecule has 0 aliphatic heterocycles. The van der Waals surface area contributed by atoms with Gasteiger partial charge in [0.05, 0.1) is 0 Å². The Morgan fingerprint density at radius 2 is 0.746 bits per heavy atom. The molecule has 13 rings (SSSR count). The van der Waals surface area contributed by atoms with Crippen molar-refractivity contribution in [2.75, 3.05) is 0 Å². The van der Waals surface area contributed by atoms with Crippen molar-refractivity contribution in [1.29, 1.82) is 0 Å². The second-order valence-corrected chi connectivity index (χ2v) is 16.9. The van der Waals surface area contributed by atoms with E-state index in [9.17, 15) is 0 Å². The van der Waals surface area contributed by atoms with Crippen molar-refractivity contribution >= 4 is 74.6 Å². The first-order valence-electron chi connectivity index (χ1n) is 20.4. The molecule has 1 heterocycles. The highest BCUT2D eigenvalue weighted by atomic mass is 32.1. The maximum absolute atomic E-state index is 2.43. The van der Waals surface area contributed by atoms with Crippen LogP contribution in [-0.4, -0.2) is 0 Å². The van der Waals surface area contributed by atoms with E-state index < -0.39 is 0 Å². The van der Waals surface area contributed by atoms with E-state index in [0.29, 0.717) is 0 Å². The monoisotopic (exact) mass is 762 g/mol. The Hall–Kier alpha value is -7.32. The summed E-state index contributed by atoms with van der Waals surface area (Å²) in [4.78, 5) is 0. The fourth-order valence-corrected chi connectivity index (χ4v) is 11.5. The van der Waals surface area contributed by atoms with Crippen LogP contribution in [0.5, 0.6) is 0 Å². The maximum Gasteiger partial charge on any atom is 0.0434 e. The Balaban J connectivity index is 1.14. The molecule has 1 aliphatic carbocycles. The standard InChI is InChI=1S/C58H34S/c1-2-14-35(15-3-1)38-30-33-52-51(34-38)48-28-13-27-47(58(48)59-52)41-31-32-50-53-44(41)26-12-29-49(53)56-54(42-24-10-18-36-16-4-6-20-39(36)42)45-22-8-9-23-46(45)55(57(50)56)43-25-11-19-37-17-5-7-21-40(37)43/h1-34H. The summed E-state index contributed by atoms with van der Waals surface area (Å²) in [6.45, 7) is 0. The van der Waals surface area contributed by atoms with E-state index in [4.69, 9.17) is 0 Å². The first-order chi connectivity index (χ1) is 29.3. The Bertz CT molecular complexity index is 3570. The Morgan fingerprint density at radius 3 is 1.42 bits per heavy atom. The minimum Gasteiger partial charge on any atom is -0.135 e. The predicted molar refractivity (Wildman–Crippen MR) is 256 cm³/mol. The SMILES string of the molecule is c1ccc(-c2ccc3sc4c(-c5ccc6c7c(cccc57)-c5c-6c(-c6cccc7ccccc67)c6ccccc6c5-c5cccc6ccccc56)cccc4c3c2)cc1. The van der Waals surface area contributed by atoms with Gasteiger partial charge in [-0.15, -0.1) is 11.3 Å². The Kier molecular flexibility index (Phi) is 6.98. The minimum atomic E-state index is 1.25. The van der Waals surface area contributed by atoms with Crippen LogP contribution in [0.4, 0.5) is 0 Å². The summed E-state index contributed by atoms with van der Waals surface area (Å²) < 4.78 is 2.65. The average molecular weight is 763 g/mol. The molecule has 0 unspecified atom stereocenters. The van der Waals surface area contributed by atoms with Gasteiger partial charge >= 0.3 is 0 Å². The van der Waals surface area contributed by atoms with Gasteiger partial charge in [-0.3, -0.25) is 0 Å².